The average Bonchev–Trinajstić information content (AvgIpc) is 2.77. The Balaban J connectivity index is 1.82. The molecule has 6 nitrogen and oxygen atoms in total. The number of ether oxygens (including phenoxy) is 3. The molecule has 0 amide bonds. The standard InChI is InChI=1S/C25H25F2NO5S/c1-31-13-5-7-16-6-3-8-17(14-16)24-20-15-18(28-34(2,29)30)11-12-19(20)23-21(32-24)9-4-10-22(23)33-25(26)27/h3-4,6,8-12,14-15,24-25,28H,5,7,13H2,1-2H3. The average molecular weight is 490 g/mol. The minimum Gasteiger partial charge on any atom is -0.480 e. The maximum atomic E-state index is 13.1. The molecule has 180 valence electrons. The van der Waals surface area contributed by atoms with Crippen LogP contribution in [0.3, 0.4) is 0 Å². The first-order chi connectivity index (χ1) is 16.2. The number of hydrogen-bond acceptors (Lipinski definition) is 5. The van der Waals surface area contributed by atoms with Crippen LogP contribution in [-0.4, -0.2) is 35.0 Å². The molecule has 1 N–H and O–H groups in total. The Morgan fingerprint density at radius 2 is 1.88 bits per heavy atom. The topological polar surface area (TPSA) is 73.9 Å². The number of fused-ring (bicyclic) bond motifs is 3. The summed E-state index contributed by atoms with van der Waals surface area (Å²) < 4.78 is 68.5. The van der Waals surface area contributed by atoms with Gasteiger partial charge in [0.1, 0.15) is 17.6 Å². The summed E-state index contributed by atoms with van der Waals surface area (Å²) >= 11 is 0. The van der Waals surface area contributed by atoms with Crippen molar-refractivity contribution in [3.63, 3.8) is 0 Å². The number of nitrogens with one attached hydrogen (secondary N) is 1. The smallest absolute Gasteiger partial charge is 0.387 e. The zero-order valence-corrected chi connectivity index (χ0v) is 19.6. The highest BCUT2D eigenvalue weighted by Gasteiger charge is 2.31. The Kier molecular flexibility index (Phi) is 7.04. The number of alkyl halides is 2. The highest BCUT2D eigenvalue weighted by molar-refractivity contribution is 7.92. The fourth-order valence-electron chi connectivity index (χ4n) is 4.12. The fourth-order valence-corrected chi connectivity index (χ4v) is 4.68. The van der Waals surface area contributed by atoms with Crippen LogP contribution in [0, 0.1) is 0 Å². The number of aryl methyl sites for hydroxylation is 1. The van der Waals surface area contributed by atoms with Crippen molar-refractivity contribution in [3.05, 3.63) is 77.4 Å². The number of rotatable bonds is 9. The highest BCUT2D eigenvalue weighted by atomic mass is 32.2. The minimum atomic E-state index is -3.52. The summed E-state index contributed by atoms with van der Waals surface area (Å²) in [6, 6.07) is 17.6. The molecule has 0 saturated carbocycles. The van der Waals surface area contributed by atoms with Gasteiger partial charge in [0.05, 0.1) is 11.8 Å². The SMILES string of the molecule is COCCCc1cccc(C2Oc3cccc(OC(F)F)c3-c3ccc(NS(C)(=O)=O)cc32)c1. The van der Waals surface area contributed by atoms with Crippen LogP contribution in [0.2, 0.25) is 0 Å². The third-order valence-electron chi connectivity index (χ3n) is 5.42. The molecule has 1 heterocycles. The molecule has 1 atom stereocenters. The Morgan fingerprint density at radius 1 is 1.09 bits per heavy atom. The van der Waals surface area contributed by atoms with Gasteiger partial charge in [-0.3, -0.25) is 4.72 Å². The summed E-state index contributed by atoms with van der Waals surface area (Å²) in [6.45, 7) is -2.35. The second-order valence-corrected chi connectivity index (χ2v) is 9.77. The second kappa shape index (κ2) is 9.99. The van der Waals surface area contributed by atoms with Crippen molar-refractivity contribution in [2.24, 2.45) is 0 Å². The van der Waals surface area contributed by atoms with E-state index < -0.39 is 22.7 Å². The van der Waals surface area contributed by atoms with Crippen molar-refractivity contribution in [2.75, 3.05) is 24.7 Å². The van der Waals surface area contributed by atoms with Gasteiger partial charge in [-0.25, -0.2) is 8.42 Å². The van der Waals surface area contributed by atoms with E-state index >= 15 is 0 Å². The summed E-state index contributed by atoms with van der Waals surface area (Å²) in [5, 5.41) is 0. The van der Waals surface area contributed by atoms with Gasteiger partial charge in [-0.1, -0.05) is 36.4 Å². The molecule has 34 heavy (non-hydrogen) atoms. The van der Waals surface area contributed by atoms with Gasteiger partial charge in [0.15, 0.2) is 0 Å². The van der Waals surface area contributed by atoms with Crippen LogP contribution < -0.4 is 14.2 Å². The molecular formula is C25H25F2NO5S. The molecule has 0 spiro atoms. The number of methoxy groups -OCH3 is 1. The van der Waals surface area contributed by atoms with Crippen LogP contribution in [0.1, 0.15) is 29.2 Å². The lowest BCUT2D eigenvalue weighted by molar-refractivity contribution is -0.0496. The van der Waals surface area contributed by atoms with Crippen LogP contribution >= 0.6 is 0 Å². The molecule has 0 fully saturated rings. The van der Waals surface area contributed by atoms with Crippen LogP contribution in [0.4, 0.5) is 14.5 Å². The zero-order valence-electron chi connectivity index (χ0n) is 18.8. The maximum Gasteiger partial charge on any atom is 0.387 e. The predicted octanol–water partition coefficient (Wildman–Crippen LogP) is 5.39. The molecule has 4 rings (SSSR count). The molecule has 0 aliphatic carbocycles. The first-order valence-electron chi connectivity index (χ1n) is 10.7. The van der Waals surface area contributed by atoms with E-state index in [1.807, 2.05) is 24.3 Å². The fraction of sp³-hybridized carbons (Fsp3) is 0.280. The quantitative estimate of drug-likeness (QED) is 0.408. The second-order valence-electron chi connectivity index (χ2n) is 8.02. The molecule has 3 aromatic rings. The molecule has 0 aromatic heterocycles. The summed E-state index contributed by atoms with van der Waals surface area (Å²) in [4.78, 5) is 0. The Morgan fingerprint density at radius 3 is 2.62 bits per heavy atom. The summed E-state index contributed by atoms with van der Waals surface area (Å²) in [7, 11) is -1.85. The number of halogens is 2. The van der Waals surface area contributed by atoms with Gasteiger partial charge < -0.3 is 14.2 Å². The zero-order chi connectivity index (χ0) is 24.3. The van der Waals surface area contributed by atoms with Gasteiger partial charge in [-0.2, -0.15) is 8.78 Å². The normalized spacial score (nSPS) is 14.8. The molecule has 0 bridgehead atoms. The van der Waals surface area contributed by atoms with E-state index in [0.717, 1.165) is 30.2 Å². The highest BCUT2D eigenvalue weighted by Crippen LogP contribution is 2.49. The third-order valence-corrected chi connectivity index (χ3v) is 6.03. The van der Waals surface area contributed by atoms with Crippen molar-refractivity contribution < 1.29 is 31.4 Å². The van der Waals surface area contributed by atoms with Crippen LogP contribution in [-0.2, 0) is 21.2 Å². The van der Waals surface area contributed by atoms with Gasteiger partial charge in [-0.05, 0) is 53.8 Å². The molecule has 3 aromatic carbocycles. The molecule has 1 aliphatic rings. The predicted molar refractivity (Wildman–Crippen MR) is 126 cm³/mol. The molecular weight excluding hydrogens is 464 g/mol. The monoisotopic (exact) mass is 489 g/mol. The lowest BCUT2D eigenvalue weighted by Crippen LogP contribution is -2.18. The van der Waals surface area contributed by atoms with E-state index in [0.29, 0.717) is 34.7 Å². The third kappa shape index (κ3) is 5.48. The number of sulfonamides is 1. The van der Waals surface area contributed by atoms with Gasteiger partial charge in [-0.15, -0.1) is 0 Å². The van der Waals surface area contributed by atoms with Crippen LogP contribution in [0.15, 0.2) is 60.7 Å². The van der Waals surface area contributed by atoms with Gasteiger partial charge in [0.25, 0.3) is 0 Å². The Hall–Kier alpha value is -3.17. The van der Waals surface area contributed by atoms with Crippen molar-refractivity contribution in [1.29, 1.82) is 0 Å². The number of hydrogen-bond donors (Lipinski definition) is 1. The van der Waals surface area contributed by atoms with Crippen molar-refractivity contribution >= 4 is 15.7 Å². The summed E-state index contributed by atoms with van der Waals surface area (Å²) in [6.07, 6.45) is 2.17. The van der Waals surface area contributed by atoms with E-state index in [-0.39, 0.29) is 5.75 Å². The van der Waals surface area contributed by atoms with Gasteiger partial charge in [0, 0.05) is 25.0 Å². The van der Waals surface area contributed by atoms with Crippen molar-refractivity contribution in [3.8, 4) is 22.6 Å². The number of anilines is 1. The molecule has 1 unspecified atom stereocenters. The molecule has 0 saturated heterocycles. The van der Waals surface area contributed by atoms with Crippen LogP contribution in [0.25, 0.3) is 11.1 Å². The number of benzene rings is 3. The first-order valence-corrected chi connectivity index (χ1v) is 12.6. The first kappa shape index (κ1) is 24.0. The summed E-state index contributed by atoms with van der Waals surface area (Å²) in [5.41, 5.74) is 3.98. The van der Waals surface area contributed by atoms with Gasteiger partial charge >= 0.3 is 6.61 Å². The van der Waals surface area contributed by atoms with E-state index in [1.54, 1.807) is 37.4 Å². The van der Waals surface area contributed by atoms with Crippen LogP contribution in [0.5, 0.6) is 11.5 Å². The molecule has 0 radical (unpaired) electrons. The van der Waals surface area contributed by atoms with Crippen molar-refractivity contribution in [1.82, 2.24) is 0 Å². The van der Waals surface area contributed by atoms with E-state index in [4.69, 9.17) is 14.2 Å². The molecule has 9 heteroatoms. The lowest BCUT2D eigenvalue weighted by Gasteiger charge is -2.31. The Labute approximate surface area is 197 Å². The summed E-state index contributed by atoms with van der Waals surface area (Å²) in [5.74, 6) is 0.397. The lowest BCUT2D eigenvalue weighted by atomic mass is 9.88. The maximum absolute atomic E-state index is 13.1. The van der Waals surface area contributed by atoms with E-state index in [1.165, 1.54) is 6.07 Å². The minimum absolute atomic E-state index is 0.00987. The van der Waals surface area contributed by atoms with E-state index in [9.17, 15) is 17.2 Å². The van der Waals surface area contributed by atoms with E-state index in [2.05, 4.69) is 4.72 Å². The largest absolute Gasteiger partial charge is 0.480 e. The Bertz CT molecular complexity index is 1280. The van der Waals surface area contributed by atoms with Gasteiger partial charge in [0.2, 0.25) is 10.0 Å². The van der Waals surface area contributed by atoms with Crippen molar-refractivity contribution in [2.45, 2.75) is 25.6 Å². The molecule has 1 aliphatic heterocycles.